The number of ether oxygens (including phenoxy) is 1. The zero-order valence-electron chi connectivity index (χ0n) is 9.15. The lowest BCUT2D eigenvalue weighted by Crippen LogP contribution is -2.15. The number of rotatable bonds is 6. The molecule has 0 aliphatic carbocycles. The summed E-state index contributed by atoms with van der Waals surface area (Å²) in [5, 5.41) is 0.698. The van der Waals surface area contributed by atoms with E-state index in [0.29, 0.717) is 5.33 Å². The molecule has 0 aliphatic rings. The maximum absolute atomic E-state index is 11.3. The average molecular weight is 307 g/mol. The quantitative estimate of drug-likeness (QED) is 0.758. The van der Waals surface area contributed by atoms with E-state index < -0.39 is 9.84 Å². The second-order valence-corrected chi connectivity index (χ2v) is 6.36. The van der Waals surface area contributed by atoms with E-state index in [-0.39, 0.29) is 18.1 Å². The summed E-state index contributed by atoms with van der Waals surface area (Å²) in [4.78, 5) is 0. The Labute approximate surface area is 105 Å². The summed E-state index contributed by atoms with van der Waals surface area (Å²) in [5.41, 5.74) is 1.02. The van der Waals surface area contributed by atoms with Crippen molar-refractivity contribution < 1.29 is 13.2 Å². The second-order valence-electron chi connectivity index (χ2n) is 3.33. The van der Waals surface area contributed by atoms with Crippen molar-refractivity contribution in [3.05, 3.63) is 29.8 Å². The molecule has 0 unspecified atom stereocenters. The highest BCUT2D eigenvalue weighted by atomic mass is 79.9. The van der Waals surface area contributed by atoms with Crippen LogP contribution in [0.25, 0.3) is 0 Å². The summed E-state index contributed by atoms with van der Waals surface area (Å²) >= 11 is 3.36. The van der Waals surface area contributed by atoms with E-state index in [1.54, 1.807) is 6.92 Å². The van der Waals surface area contributed by atoms with Gasteiger partial charge < -0.3 is 4.74 Å². The fraction of sp³-hybridized carbons (Fsp3) is 0.455. The summed E-state index contributed by atoms with van der Waals surface area (Å²) in [6, 6.07) is 7.58. The van der Waals surface area contributed by atoms with Gasteiger partial charge in [-0.05, 0) is 6.07 Å². The van der Waals surface area contributed by atoms with Crippen LogP contribution in [0.1, 0.15) is 12.5 Å². The van der Waals surface area contributed by atoms with Crippen LogP contribution in [0.5, 0.6) is 5.75 Å². The number of hydrogen-bond acceptors (Lipinski definition) is 3. The van der Waals surface area contributed by atoms with Crippen molar-refractivity contribution in [1.29, 1.82) is 0 Å². The number of halogens is 1. The highest BCUT2D eigenvalue weighted by molar-refractivity contribution is 9.08. The first-order valence-electron chi connectivity index (χ1n) is 5.06. The number of hydrogen-bond donors (Lipinski definition) is 0. The van der Waals surface area contributed by atoms with Crippen molar-refractivity contribution in [2.24, 2.45) is 0 Å². The summed E-state index contributed by atoms with van der Waals surface area (Å²) in [6.07, 6.45) is 0. The second kappa shape index (κ2) is 6.25. The summed E-state index contributed by atoms with van der Waals surface area (Å²) in [7, 11) is -2.95. The van der Waals surface area contributed by atoms with E-state index in [4.69, 9.17) is 4.74 Å². The van der Waals surface area contributed by atoms with Gasteiger partial charge in [0, 0.05) is 16.6 Å². The average Bonchev–Trinajstić information content (AvgIpc) is 2.29. The maximum Gasteiger partial charge on any atom is 0.153 e. The molecule has 0 fully saturated rings. The van der Waals surface area contributed by atoms with Gasteiger partial charge in [-0.25, -0.2) is 8.42 Å². The molecular formula is C11H15BrO3S. The zero-order valence-corrected chi connectivity index (χ0v) is 11.6. The largest absolute Gasteiger partial charge is 0.492 e. The monoisotopic (exact) mass is 306 g/mol. The topological polar surface area (TPSA) is 43.4 Å². The molecule has 0 atom stereocenters. The molecule has 16 heavy (non-hydrogen) atoms. The number of alkyl halides is 1. The van der Waals surface area contributed by atoms with Crippen molar-refractivity contribution in [3.8, 4) is 5.75 Å². The van der Waals surface area contributed by atoms with Gasteiger partial charge in [0.2, 0.25) is 0 Å². The van der Waals surface area contributed by atoms with Crippen LogP contribution in [0.15, 0.2) is 24.3 Å². The van der Waals surface area contributed by atoms with E-state index >= 15 is 0 Å². The third kappa shape index (κ3) is 4.14. The number of benzene rings is 1. The molecule has 0 spiro atoms. The Morgan fingerprint density at radius 2 is 2.00 bits per heavy atom. The molecule has 90 valence electrons. The van der Waals surface area contributed by atoms with Gasteiger partial charge in [0.25, 0.3) is 0 Å². The Hall–Kier alpha value is -0.550. The van der Waals surface area contributed by atoms with Crippen molar-refractivity contribution in [1.82, 2.24) is 0 Å². The predicted molar refractivity (Wildman–Crippen MR) is 68.9 cm³/mol. The molecular weight excluding hydrogens is 292 g/mol. The molecule has 0 N–H and O–H groups in total. The van der Waals surface area contributed by atoms with Gasteiger partial charge in [-0.15, -0.1) is 0 Å². The van der Waals surface area contributed by atoms with Gasteiger partial charge in [-0.1, -0.05) is 41.1 Å². The van der Waals surface area contributed by atoms with E-state index in [2.05, 4.69) is 15.9 Å². The molecule has 0 bridgehead atoms. The van der Waals surface area contributed by atoms with Crippen molar-refractivity contribution >= 4 is 25.8 Å². The standard InChI is InChI=1S/C11H15BrO3S/c1-2-16(13,14)8-7-15-11-6-4-3-5-10(11)9-12/h3-6H,2,7-9H2,1H3. The van der Waals surface area contributed by atoms with Crippen LogP contribution in [0, 0.1) is 0 Å². The van der Waals surface area contributed by atoms with Crippen LogP contribution < -0.4 is 4.74 Å². The fourth-order valence-corrected chi connectivity index (χ4v) is 2.27. The van der Waals surface area contributed by atoms with Gasteiger partial charge in [0.05, 0.1) is 5.75 Å². The van der Waals surface area contributed by atoms with Crippen molar-refractivity contribution in [2.45, 2.75) is 12.3 Å². The van der Waals surface area contributed by atoms with Crippen LogP contribution in [0.4, 0.5) is 0 Å². The lowest BCUT2D eigenvalue weighted by Gasteiger charge is -2.09. The summed E-state index contributed by atoms with van der Waals surface area (Å²) in [5.74, 6) is 0.974. The summed E-state index contributed by atoms with van der Waals surface area (Å²) in [6.45, 7) is 1.85. The molecule has 3 nitrogen and oxygen atoms in total. The van der Waals surface area contributed by atoms with E-state index in [1.165, 1.54) is 0 Å². The predicted octanol–water partition coefficient (Wildman–Crippen LogP) is 2.40. The SMILES string of the molecule is CCS(=O)(=O)CCOc1ccccc1CBr. The number of para-hydroxylation sites is 1. The zero-order chi connectivity index (χ0) is 12.0. The highest BCUT2D eigenvalue weighted by Gasteiger charge is 2.08. The van der Waals surface area contributed by atoms with Gasteiger partial charge in [0.1, 0.15) is 12.4 Å². The molecule has 0 aromatic heterocycles. The number of sulfone groups is 1. The fourth-order valence-electron chi connectivity index (χ4n) is 1.18. The van der Waals surface area contributed by atoms with Crippen LogP contribution in [-0.4, -0.2) is 26.5 Å². The highest BCUT2D eigenvalue weighted by Crippen LogP contribution is 2.20. The maximum atomic E-state index is 11.3. The van der Waals surface area contributed by atoms with Gasteiger partial charge >= 0.3 is 0 Å². The third-order valence-electron chi connectivity index (χ3n) is 2.21. The Bertz CT molecular complexity index is 429. The Morgan fingerprint density at radius 1 is 1.31 bits per heavy atom. The van der Waals surface area contributed by atoms with E-state index in [9.17, 15) is 8.42 Å². The molecule has 0 aliphatic heterocycles. The summed E-state index contributed by atoms with van der Waals surface area (Å²) < 4.78 is 28.0. The Kier molecular flexibility index (Phi) is 5.28. The molecule has 0 saturated heterocycles. The molecule has 0 heterocycles. The van der Waals surface area contributed by atoms with Crippen LogP contribution in [0.2, 0.25) is 0 Å². The van der Waals surface area contributed by atoms with Crippen LogP contribution in [-0.2, 0) is 15.2 Å². The minimum Gasteiger partial charge on any atom is -0.492 e. The van der Waals surface area contributed by atoms with E-state index in [1.807, 2.05) is 24.3 Å². The van der Waals surface area contributed by atoms with Crippen LogP contribution in [0.3, 0.4) is 0 Å². The molecule has 1 aromatic rings. The Morgan fingerprint density at radius 3 is 2.62 bits per heavy atom. The van der Waals surface area contributed by atoms with Gasteiger partial charge in [-0.3, -0.25) is 0 Å². The van der Waals surface area contributed by atoms with Gasteiger partial charge in [0.15, 0.2) is 9.84 Å². The minimum absolute atomic E-state index is 0.0696. The van der Waals surface area contributed by atoms with Crippen LogP contribution >= 0.6 is 15.9 Å². The lowest BCUT2D eigenvalue weighted by molar-refractivity contribution is 0.338. The first-order valence-corrected chi connectivity index (χ1v) is 8.00. The molecule has 5 heteroatoms. The first-order chi connectivity index (χ1) is 7.59. The molecule has 0 amide bonds. The molecule has 1 aromatic carbocycles. The normalized spacial score (nSPS) is 11.4. The van der Waals surface area contributed by atoms with Crippen molar-refractivity contribution in [3.63, 3.8) is 0 Å². The lowest BCUT2D eigenvalue weighted by atomic mass is 10.2. The first kappa shape index (κ1) is 13.5. The minimum atomic E-state index is -2.95. The smallest absolute Gasteiger partial charge is 0.153 e. The van der Waals surface area contributed by atoms with Crippen molar-refractivity contribution in [2.75, 3.05) is 18.1 Å². The van der Waals surface area contributed by atoms with Gasteiger partial charge in [-0.2, -0.15) is 0 Å². The molecule has 1 rings (SSSR count). The molecule has 0 radical (unpaired) electrons. The third-order valence-corrected chi connectivity index (χ3v) is 4.48. The Balaban J connectivity index is 2.55. The van der Waals surface area contributed by atoms with E-state index in [0.717, 1.165) is 11.3 Å². The molecule has 0 saturated carbocycles.